The smallest absolute Gasteiger partial charge is 0.264 e. The summed E-state index contributed by atoms with van der Waals surface area (Å²) in [7, 11) is -4.26. The zero-order chi connectivity index (χ0) is 33.4. The Kier molecular flexibility index (Phi) is 12.1. The molecule has 0 saturated heterocycles. The molecule has 0 fully saturated rings. The quantitative estimate of drug-likeness (QED) is 0.156. The van der Waals surface area contributed by atoms with Crippen LogP contribution in [0.25, 0.3) is 0 Å². The van der Waals surface area contributed by atoms with Crippen molar-refractivity contribution >= 4 is 62.3 Å². The van der Waals surface area contributed by atoms with Crippen molar-refractivity contribution < 1.29 is 18.0 Å². The maximum atomic E-state index is 14.6. The Bertz CT molecular complexity index is 1750. The van der Waals surface area contributed by atoms with Gasteiger partial charge in [-0.25, -0.2) is 8.42 Å². The van der Waals surface area contributed by atoms with Gasteiger partial charge in [0.1, 0.15) is 12.6 Å². The Morgan fingerprint density at radius 1 is 0.804 bits per heavy atom. The number of para-hydroxylation sites is 1. The van der Waals surface area contributed by atoms with E-state index in [2.05, 4.69) is 5.32 Å². The van der Waals surface area contributed by atoms with Crippen LogP contribution in [0.3, 0.4) is 0 Å². The van der Waals surface area contributed by atoms with Crippen molar-refractivity contribution in [3.8, 4) is 0 Å². The zero-order valence-electron chi connectivity index (χ0n) is 25.8. The van der Waals surface area contributed by atoms with Crippen LogP contribution in [-0.4, -0.2) is 44.3 Å². The first-order valence-corrected chi connectivity index (χ1v) is 17.3. The molecule has 1 N–H and O–H groups in total. The fourth-order valence-corrected chi connectivity index (χ4v) is 7.04. The maximum absolute atomic E-state index is 14.6. The minimum atomic E-state index is -4.26. The van der Waals surface area contributed by atoms with E-state index in [1.54, 1.807) is 49.4 Å². The molecular formula is C35H36Cl3N3O4S. The highest BCUT2D eigenvalue weighted by Crippen LogP contribution is 2.30. The Morgan fingerprint density at radius 3 is 2.02 bits per heavy atom. The Hall–Kier alpha value is -3.56. The molecule has 1 atom stereocenters. The summed E-state index contributed by atoms with van der Waals surface area (Å²) in [5.41, 5.74) is 2.23. The van der Waals surface area contributed by atoms with Crippen LogP contribution in [-0.2, 0) is 32.6 Å². The fourth-order valence-electron chi connectivity index (χ4n) is 4.92. The van der Waals surface area contributed by atoms with Gasteiger partial charge in [0, 0.05) is 40.1 Å². The lowest BCUT2D eigenvalue weighted by Gasteiger charge is -2.34. The average molecular weight is 701 g/mol. The first kappa shape index (κ1) is 35.3. The van der Waals surface area contributed by atoms with Crippen LogP contribution in [0.2, 0.25) is 15.1 Å². The third-order valence-electron chi connectivity index (χ3n) is 7.41. The number of hydrogen-bond acceptors (Lipinski definition) is 4. The Balaban J connectivity index is 1.84. The number of amides is 2. The van der Waals surface area contributed by atoms with E-state index in [0.717, 1.165) is 9.87 Å². The molecule has 0 unspecified atom stereocenters. The summed E-state index contributed by atoms with van der Waals surface area (Å²) >= 11 is 19.2. The number of halogens is 3. The summed E-state index contributed by atoms with van der Waals surface area (Å²) in [6.07, 6.45) is 0.173. The predicted molar refractivity (Wildman–Crippen MR) is 186 cm³/mol. The lowest BCUT2D eigenvalue weighted by molar-refractivity contribution is -0.140. The molecule has 11 heteroatoms. The van der Waals surface area contributed by atoms with Crippen LogP contribution in [0.5, 0.6) is 0 Å². The summed E-state index contributed by atoms with van der Waals surface area (Å²) in [6.45, 7) is 5.37. The molecule has 0 aliphatic heterocycles. The predicted octanol–water partition coefficient (Wildman–Crippen LogP) is 7.56. The number of hydrogen-bond donors (Lipinski definition) is 1. The van der Waals surface area contributed by atoms with Gasteiger partial charge in [-0.15, -0.1) is 0 Å². The molecule has 0 aliphatic carbocycles. The van der Waals surface area contributed by atoms with E-state index in [1.165, 1.54) is 29.2 Å². The van der Waals surface area contributed by atoms with Gasteiger partial charge in [-0.05, 0) is 66.4 Å². The van der Waals surface area contributed by atoms with Crippen molar-refractivity contribution in [2.75, 3.05) is 17.4 Å². The number of sulfonamides is 1. The molecule has 0 saturated carbocycles. The van der Waals surface area contributed by atoms with Crippen molar-refractivity contribution in [3.05, 3.63) is 129 Å². The van der Waals surface area contributed by atoms with Crippen LogP contribution in [0.1, 0.15) is 30.5 Å². The number of benzene rings is 4. The lowest BCUT2D eigenvalue weighted by atomic mass is 10.0. The number of aryl methyl sites for hydroxylation is 1. The van der Waals surface area contributed by atoms with Gasteiger partial charge >= 0.3 is 0 Å². The van der Waals surface area contributed by atoms with Gasteiger partial charge in [-0.2, -0.15) is 0 Å². The van der Waals surface area contributed by atoms with Crippen LogP contribution in [0.15, 0.2) is 102 Å². The van der Waals surface area contributed by atoms with Gasteiger partial charge in [0.05, 0.1) is 10.6 Å². The third kappa shape index (κ3) is 8.82. The number of carbonyl (C=O) groups excluding carboxylic acids is 2. The second kappa shape index (κ2) is 15.8. The average Bonchev–Trinajstić information content (AvgIpc) is 3.02. The molecule has 0 spiro atoms. The molecule has 0 bridgehead atoms. The monoisotopic (exact) mass is 699 g/mol. The topological polar surface area (TPSA) is 86.8 Å². The lowest BCUT2D eigenvalue weighted by Crippen LogP contribution is -2.54. The Labute approximate surface area is 286 Å². The first-order chi connectivity index (χ1) is 21.9. The highest BCUT2D eigenvalue weighted by molar-refractivity contribution is 7.92. The van der Waals surface area contributed by atoms with Crippen molar-refractivity contribution in [3.63, 3.8) is 0 Å². The highest BCUT2D eigenvalue weighted by atomic mass is 35.5. The molecule has 0 aliphatic rings. The molecule has 46 heavy (non-hydrogen) atoms. The molecule has 0 radical (unpaired) electrons. The highest BCUT2D eigenvalue weighted by Gasteiger charge is 2.35. The van der Waals surface area contributed by atoms with Gasteiger partial charge in [0.15, 0.2) is 0 Å². The Morgan fingerprint density at radius 2 is 1.41 bits per heavy atom. The number of nitrogens with one attached hydrogen (secondary N) is 1. The second-order valence-electron chi connectivity index (χ2n) is 11.3. The third-order valence-corrected chi connectivity index (χ3v) is 10.1. The van der Waals surface area contributed by atoms with E-state index in [-0.39, 0.29) is 29.7 Å². The van der Waals surface area contributed by atoms with Gasteiger partial charge in [-0.3, -0.25) is 13.9 Å². The van der Waals surface area contributed by atoms with E-state index in [1.807, 2.05) is 44.2 Å². The second-order valence-corrected chi connectivity index (χ2v) is 14.4. The SMILES string of the molecule is Cc1ccccc1N(CC(=O)N(Cc1c(Cl)cccc1Cl)[C@@H](Cc1ccccc1)C(=O)NCC(C)C)S(=O)(=O)c1ccc(Cl)cc1. The van der Waals surface area contributed by atoms with Crippen molar-refractivity contribution in [1.29, 1.82) is 0 Å². The largest absolute Gasteiger partial charge is 0.354 e. The van der Waals surface area contributed by atoms with Gasteiger partial charge in [0.2, 0.25) is 11.8 Å². The van der Waals surface area contributed by atoms with E-state index in [0.29, 0.717) is 38.4 Å². The molecule has 0 heterocycles. The van der Waals surface area contributed by atoms with E-state index in [9.17, 15) is 18.0 Å². The molecule has 0 aromatic heterocycles. The minimum Gasteiger partial charge on any atom is -0.354 e. The zero-order valence-corrected chi connectivity index (χ0v) is 28.9. The van der Waals surface area contributed by atoms with Gasteiger partial charge < -0.3 is 10.2 Å². The number of anilines is 1. The van der Waals surface area contributed by atoms with Crippen LogP contribution >= 0.6 is 34.8 Å². The molecule has 4 aromatic rings. The number of rotatable bonds is 13. The first-order valence-electron chi connectivity index (χ1n) is 14.8. The van der Waals surface area contributed by atoms with Crippen molar-refractivity contribution in [2.45, 2.75) is 44.7 Å². The van der Waals surface area contributed by atoms with Gasteiger partial charge in [0.25, 0.3) is 10.0 Å². The summed E-state index contributed by atoms with van der Waals surface area (Å²) in [5, 5.41) is 3.97. The molecule has 242 valence electrons. The molecular weight excluding hydrogens is 665 g/mol. The van der Waals surface area contributed by atoms with E-state index in [4.69, 9.17) is 34.8 Å². The fraction of sp³-hybridized carbons (Fsp3) is 0.257. The number of nitrogens with zero attached hydrogens (tertiary/aromatic N) is 2. The molecule has 2 amide bonds. The maximum Gasteiger partial charge on any atom is 0.264 e. The summed E-state index contributed by atoms with van der Waals surface area (Å²) < 4.78 is 29.4. The normalized spacial score (nSPS) is 12.1. The summed E-state index contributed by atoms with van der Waals surface area (Å²) in [6, 6.07) is 26.0. The van der Waals surface area contributed by atoms with Crippen LogP contribution in [0.4, 0.5) is 5.69 Å². The number of carbonyl (C=O) groups is 2. The molecule has 4 aromatic carbocycles. The van der Waals surface area contributed by atoms with Crippen molar-refractivity contribution in [1.82, 2.24) is 10.2 Å². The van der Waals surface area contributed by atoms with E-state index < -0.39 is 28.5 Å². The minimum absolute atomic E-state index is 0.0378. The van der Waals surface area contributed by atoms with Crippen LogP contribution < -0.4 is 9.62 Å². The molecule has 7 nitrogen and oxygen atoms in total. The molecule has 4 rings (SSSR count). The van der Waals surface area contributed by atoms with Crippen molar-refractivity contribution in [2.24, 2.45) is 5.92 Å². The van der Waals surface area contributed by atoms with E-state index >= 15 is 0 Å². The van der Waals surface area contributed by atoms with Crippen LogP contribution in [0, 0.1) is 12.8 Å². The summed E-state index contributed by atoms with van der Waals surface area (Å²) in [4.78, 5) is 29.8. The van der Waals surface area contributed by atoms with Gasteiger partial charge in [-0.1, -0.05) is 103 Å². The summed E-state index contributed by atoms with van der Waals surface area (Å²) in [5.74, 6) is -0.834. The standard InChI is InChI=1S/C35H36Cl3N3O4S/c1-24(2)21-39-35(43)33(20-26-11-5-4-6-12-26)40(22-29-30(37)13-9-14-31(29)38)34(42)23-41(32-15-8-7-10-25(32)3)46(44,45)28-18-16-27(36)17-19-28/h4-19,24,33H,20-23H2,1-3H3,(H,39,43)/t33-/m0/s1.